The van der Waals surface area contributed by atoms with Crippen LogP contribution in [-0.4, -0.2) is 11.8 Å². The largest absolute Gasteiger partial charge is 0.327 e. The fourth-order valence-electron chi connectivity index (χ4n) is 3.01. The molecule has 110 valence electrons. The fraction of sp³-hybridized carbons (Fsp3) is 0.412. The highest BCUT2D eigenvalue weighted by atomic mass is 16.2. The average molecular weight is 284 g/mol. The topological polar surface area (TPSA) is 58.2 Å². The molecule has 0 bridgehead atoms. The molecule has 1 heterocycles. The molecule has 1 aromatic rings. The van der Waals surface area contributed by atoms with Crippen LogP contribution in [0.4, 0.5) is 4.79 Å². The third kappa shape index (κ3) is 2.35. The van der Waals surface area contributed by atoms with Crippen molar-refractivity contribution in [3.8, 4) is 0 Å². The van der Waals surface area contributed by atoms with Crippen LogP contribution in [0.3, 0.4) is 0 Å². The number of Topliss-reactive ketones (excluding diaryl/α,β-unsaturated/α-hetero) is 1. The molecule has 0 radical (unpaired) electrons. The van der Waals surface area contributed by atoms with Gasteiger partial charge in [0.25, 0.3) is 0 Å². The summed E-state index contributed by atoms with van der Waals surface area (Å²) in [6, 6.07) is 7.38. The Morgan fingerprint density at radius 3 is 2.48 bits per heavy atom. The quantitative estimate of drug-likeness (QED) is 0.833. The number of ketones is 1. The van der Waals surface area contributed by atoms with Crippen molar-refractivity contribution in [2.24, 2.45) is 5.41 Å². The maximum Gasteiger partial charge on any atom is 0.319 e. The van der Waals surface area contributed by atoms with E-state index in [1.165, 1.54) is 0 Å². The summed E-state index contributed by atoms with van der Waals surface area (Å²) in [4.78, 5) is 24.7. The van der Waals surface area contributed by atoms with Gasteiger partial charge in [0.1, 0.15) is 0 Å². The summed E-state index contributed by atoms with van der Waals surface area (Å²) in [5, 5.41) is 5.70. The van der Waals surface area contributed by atoms with Crippen molar-refractivity contribution < 1.29 is 9.59 Å². The molecule has 0 saturated heterocycles. The second kappa shape index (κ2) is 4.72. The van der Waals surface area contributed by atoms with Gasteiger partial charge in [0, 0.05) is 16.7 Å². The van der Waals surface area contributed by atoms with Crippen molar-refractivity contribution in [1.82, 2.24) is 10.6 Å². The van der Waals surface area contributed by atoms with Gasteiger partial charge in [-0.2, -0.15) is 0 Å². The zero-order valence-electron chi connectivity index (χ0n) is 12.6. The van der Waals surface area contributed by atoms with Crippen LogP contribution in [0.2, 0.25) is 0 Å². The van der Waals surface area contributed by atoms with Gasteiger partial charge in [-0.25, -0.2) is 4.79 Å². The van der Waals surface area contributed by atoms with E-state index >= 15 is 0 Å². The molecule has 2 amide bonds. The van der Waals surface area contributed by atoms with E-state index in [1.54, 1.807) is 0 Å². The molecule has 4 heteroatoms. The molecule has 1 aliphatic heterocycles. The molecule has 21 heavy (non-hydrogen) atoms. The van der Waals surface area contributed by atoms with Crippen molar-refractivity contribution in [1.29, 1.82) is 0 Å². The van der Waals surface area contributed by atoms with Crippen molar-refractivity contribution in [2.75, 3.05) is 0 Å². The van der Waals surface area contributed by atoms with Crippen molar-refractivity contribution >= 4 is 11.8 Å². The van der Waals surface area contributed by atoms with E-state index in [1.807, 2.05) is 45.0 Å². The van der Waals surface area contributed by atoms with E-state index in [9.17, 15) is 9.59 Å². The zero-order chi connectivity index (χ0) is 15.2. The molecule has 2 aliphatic rings. The molecule has 2 N–H and O–H groups in total. The molecule has 1 aromatic carbocycles. The Kier molecular flexibility index (Phi) is 3.12. The molecule has 0 saturated carbocycles. The standard InChI is InChI=1S/C17H20N2O2/c1-10-4-6-11(7-5-10)14-13-12(18-16(21)19-14)8-9-17(2,3)15(13)20/h4-7,14H,8-9H2,1-3H3,(H2,18,19,21). The number of rotatable bonds is 1. The summed E-state index contributed by atoms with van der Waals surface area (Å²) in [7, 11) is 0. The van der Waals surface area contributed by atoms with Crippen LogP contribution < -0.4 is 10.6 Å². The summed E-state index contributed by atoms with van der Waals surface area (Å²) in [6.45, 7) is 5.97. The van der Waals surface area contributed by atoms with Gasteiger partial charge in [-0.1, -0.05) is 43.7 Å². The number of hydrogen-bond acceptors (Lipinski definition) is 2. The second-order valence-electron chi connectivity index (χ2n) is 6.55. The van der Waals surface area contributed by atoms with Crippen LogP contribution >= 0.6 is 0 Å². The first-order valence-electron chi connectivity index (χ1n) is 7.30. The number of benzene rings is 1. The Morgan fingerprint density at radius 2 is 1.81 bits per heavy atom. The maximum atomic E-state index is 12.8. The predicted molar refractivity (Wildman–Crippen MR) is 80.6 cm³/mol. The summed E-state index contributed by atoms with van der Waals surface area (Å²) in [6.07, 6.45) is 1.51. The minimum Gasteiger partial charge on any atom is -0.327 e. The number of hydrogen-bond donors (Lipinski definition) is 2. The summed E-state index contributed by atoms with van der Waals surface area (Å²) in [5.74, 6) is 0.127. The smallest absolute Gasteiger partial charge is 0.319 e. The van der Waals surface area contributed by atoms with Crippen LogP contribution in [0, 0.1) is 12.3 Å². The van der Waals surface area contributed by atoms with Gasteiger partial charge in [0.2, 0.25) is 0 Å². The van der Waals surface area contributed by atoms with Crippen molar-refractivity contribution in [2.45, 2.75) is 39.7 Å². The second-order valence-corrected chi connectivity index (χ2v) is 6.55. The Labute approximate surface area is 124 Å². The molecule has 1 atom stereocenters. The molecule has 0 aromatic heterocycles. The van der Waals surface area contributed by atoms with Crippen LogP contribution in [0.25, 0.3) is 0 Å². The highest BCUT2D eigenvalue weighted by Gasteiger charge is 2.42. The number of carbonyl (C=O) groups is 2. The number of amides is 2. The van der Waals surface area contributed by atoms with Crippen molar-refractivity contribution in [3.63, 3.8) is 0 Å². The third-order valence-electron chi connectivity index (χ3n) is 4.42. The van der Waals surface area contributed by atoms with Crippen LogP contribution in [-0.2, 0) is 4.79 Å². The number of nitrogens with one attached hydrogen (secondary N) is 2. The zero-order valence-corrected chi connectivity index (χ0v) is 12.6. The van der Waals surface area contributed by atoms with E-state index in [2.05, 4.69) is 10.6 Å². The fourth-order valence-corrected chi connectivity index (χ4v) is 3.01. The molecular formula is C17H20N2O2. The van der Waals surface area contributed by atoms with Gasteiger partial charge in [-0.3, -0.25) is 4.79 Å². The van der Waals surface area contributed by atoms with Crippen LogP contribution in [0.1, 0.15) is 43.9 Å². The minimum atomic E-state index is -0.370. The third-order valence-corrected chi connectivity index (χ3v) is 4.42. The lowest BCUT2D eigenvalue weighted by Gasteiger charge is -2.38. The highest BCUT2D eigenvalue weighted by Crippen LogP contribution is 2.41. The van der Waals surface area contributed by atoms with Gasteiger partial charge in [0.05, 0.1) is 6.04 Å². The average Bonchev–Trinajstić information content (AvgIpc) is 2.43. The predicted octanol–water partition coefficient (Wildman–Crippen LogP) is 2.99. The monoisotopic (exact) mass is 284 g/mol. The summed E-state index contributed by atoms with van der Waals surface area (Å²) < 4.78 is 0. The normalized spacial score (nSPS) is 24.2. The first-order chi connectivity index (χ1) is 9.88. The minimum absolute atomic E-state index is 0.127. The van der Waals surface area contributed by atoms with Crippen LogP contribution in [0.5, 0.6) is 0 Å². The lowest BCUT2D eigenvalue weighted by molar-refractivity contribution is -0.124. The summed E-state index contributed by atoms with van der Waals surface area (Å²) >= 11 is 0. The van der Waals surface area contributed by atoms with E-state index in [4.69, 9.17) is 0 Å². The van der Waals surface area contributed by atoms with E-state index < -0.39 is 0 Å². The molecule has 3 rings (SSSR count). The molecule has 0 spiro atoms. The van der Waals surface area contributed by atoms with Gasteiger partial charge in [0.15, 0.2) is 5.78 Å². The number of aryl methyl sites for hydroxylation is 1. The van der Waals surface area contributed by atoms with Gasteiger partial charge < -0.3 is 10.6 Å². The van der Waals surface area contributed by atoms with Gasteiger partial charge >= 0.3 is 6.03 Å². The number of urea groups is 1. The number of carbonyl (C=O) groups excluding carboxylic acids is 2. The van der Waals surface area contributed by atoms with E-state index in [0.29, 0.717) is 0 Å². The Morgan fingerprint density at radius 1 is 1.14 bits per heavy atom. The first-order valence-corrected chi connectivity index (χ1v) is 7.30. The summed E-state index contributed by atoms with van der Waals surface area (Å²) in [5.41, 5.74) is 3.24. The van der Waals surface area contributed by atoms with Gasteiger partial charge in [-0.15, -0.1) is 0 Å². The molecule has 1 unspecified atom stereocenters. The van der Waals surface area contributed by atoms with Crippen LogP contribution in [0.15, 0.2) is 35.5 Å². The lowest BCUT2D eigenvalue weighted by atomic mass is 9.71. The Bertz CT molecular complexity index is 641. The maximum absolute atomic E-state index is 12.8. The lowest BCUT2D eigenvalue weighted by Crippen LogP contribution is -2.49. The first kappa shape index (κ1) is 13.9. The van der Waals surface area contributed by atoms with Crippen molar-refractivity contribution in [3.05, 3.63) is 46.7 Å². The molecule has 0 fully saturated rings. The Balaban J connectivity index is 2.08. The van der Waals surface area contributed by atoms with E-state index in [0.717, 1.165) is 35.2 Å². The van der Waals surface area contributed by atoms with E-state index in [-0.39, 0.29) is 23.3 Å². The van der Waals surface area contributed by atoms with Gasteiger partial charge in [-0.05, 0) is 25.3 Å². The molecule has 4 nitrogen and oxygen atoms in total. The highest BCUT2D eigenvalue weighted by molar-refractivity contribution is 6.04. The Hall–Kier alpha value is -2.10. The number of allylic oxidation sites excluding steroid dienone is 1. The SMILES string of the molecule is Cc1ccc(C2NC(=O)NC3=C2C(=O)C(C)(C)CC3)cc1. The molecule has 1 aliphatic carbocycles. The molecular weight excluding hydrogens is 264 g/mol.